The van der Waals surface area contributed by atoms with E-state index in [0.29, 0.717) is 0 Å². The van der Waals surface area contributed by atoms with Gasteiger partial charge in [-0.2, -0.15) is 0 Å². The van der Waals surface area contributed by atoms with E-state index in [0.717, 1.165) is 0 Å². The van der Waals surface area contributed by atoms with E-state index in [1.807, 2.05) is 6.08 Å². The molecular weight excluding hydrogens is 272 g/mol. The van der Waals surface area contributed by atoms with Crippen molar-refractivity contribution in [2.45, 2.75) is 65.8 Å². The fourth-order valence-corrected chi connectivity index (χ4v) is 2.72. The first-order valence-electron chi connectivity index (χ1n) is 6.97. The van der Waals surface area contributed by atoms with Gasteiger partial charge in [0, 0.05) is 0 Å². The maximum atomic E-state index is 10.3. The van der Waals surface area contributed by atoms with Gasteiger partial charge in [-0.05, 0) is 29.6 Å². The second-order valence-corrected chi connectivity index (χ2v) is 12.4. The Hall–Kier alpha value is -0.813. The average Bonchev–Trinajstić information content (AvgIpc) is 2.18. The fourth-order valence-electron chi connectivity index (χ4n) is 1.30. The Morgan fingerprint density at radius 2 is 1.70 bits per heavy atom. The molecule has 1 N–H and O–H groups in total. The second kappa shape index (κ2) is 6.76. The predicted molar refractivity (Wildman–Crippen MR) is 84.6 cm³/mol. The third-order valence-corrected chi connectivity index (χ3v) is 8.15. The van der Waals surface area contributed by atoms with Crippen LogP contribution in [0, 0.1) is 5.41 Å². The normalized spacial score (nSPS) is 15.4. The summed E-state index contributed by atoms with van der Waals surface area (Å²) in [5.41, 5.74) is -0.0464. The van der Waals surface area contributed by atoms with Crippen LogP contribution in [0.15, 0.2) is 12.2 Å². The van der Waals surface area contributed by atoms with Crippen molar-refractivity contribution < 1.29 is 19.1 Å². The van der Waals surface area contributed by atoms with E-state index in [-0.39, 0.29) is 23.2 Å². The number of rotatable bonds is 5. The van der Waals surface area contributed by atoms with Gasteiger partial charge in [-0.25, -0.2) is 4.79 Å². The molecule has 0 heterocycles. The second-order valence-electron chi connectivity index (χ2n) is 7.67. The Labute approximate surface area is 124 Å². The van der Waals surface area contributed by atoms with Crippen molar-refractivity contribution in [3.63, 3.8) is 0 Å². The van der Waals surface area contributed by atoms with Crippen LogP contribution in [0.25, 0.3) is 0 Å². The van der Waals surface area contributed by atoms with E-state index in [9.17, 15) is 4.79 Å². The summed E-state index contributed by atoms with van der Waals surface area (Å²) >= 11 is 0. The lowest BCUT2D eigenvalue weighted by Gasteiger charge is -2.42. The molecule has 0 radical (unpaired) electrons. The standard InChI is InChI=1S/C15H30O4Si/c1-14(2,3)12(10-9-11-18-13(16)17)19-20(7,8)15(4,5)6/h9-10,12H,11H2,1-8H3,(H,16,17). The summed E-state index contributed by atoms with van der Waals surface area (Å²) in [6, 6.07) is 0. The lowest BCUT2D eigenvalue weighted by atomic mass is 9.89. The maximum absolute atomic E-state index is 10.3. The molecule has 0 amide bonds. The van der Waals surface area contributed by atoms with Gasteiger partial charge in [0.15, 0.2) is 8.32 Å². The topological polar surface area (TPSA) is 55.8 Å². The number of hydrogen-bond donors (Lipinski definition) is 1. The highest BCUT2D eigenvalue weighted by molar-refractivity contribution is 6.74. The number of ether oxygens (including phenoxy) is 1. The van der Waals surface area contributed by atoms with Crippen molar-refractivity contribution >= 4 is 14.5 Å². The molecule has 20 heavy (non-hydrogen) atoms. The van der Waals surface area contributed by atoms with Gasteiger partial charge >= 0.3 is 6.16 Å². The van der Waals surface area contributed by atoms with Crippen molar-refractivity contribution in [2.75, 3.05) is 6.61 Å². The van der Waals surface area contributed by atoms with Crippen LogP contribution in [0.5, 0.6) is 0 Å². The minimum absolute atomic E-state index is 0.0464. The highest BCUT2D eigenvalue weighted by atomic mass is 28.4. The fraction of sp³-hybridized carbons (Fsp3) is 0.800. The zero-order chi connectivity index (χ0) is 16.2. The highest BCUT2D eigenvalue weighted by Crippen LogP contribution is 2.39. The van der Waals surface area contributed by atoms with Gasteiger partial charge in [0.1, 0.15) is 6.61 Å². The molecule has 0 rings (SSSR count). The Morgan fingerprint density at radius 1 is 1.20 bits per heavy atom. The molecule has 0 aromatic carbocycles. The molecule has 0 aliphatic rings. The van der Waals surface area contributed by atoms with E-state index >= 15 is 0 Å². The van der Waals surface area contributed by atoms with Crippen molar-refractivity contribution in [2.24, 2.45) is 5.41 Å². The molecule has 5 heteroatoms. The minimum atomic E-state index is -1.87. The lowest BCUT2D eigenvalue weighted by Crippen LogP contribution is -2.46. The van der Waals surface area contributed by atoms with E-state index in [4.69, 9.17) is 9.53 Å². The van der Waals surface area contributed by atoms with Crippen molar-refractivity contribution in [1.82, 2.24) is 0 Å². The van der Waals surface area contributed by atoms with Gasteiger partial charge in [-0.3, -0.25) is 0 Å². The quantitative estimate of drug-likeness (QED) is 0.455. The zero-order valence-corrected chi connectivity index (χ0v) is 15.1. The summed E-state index contributed by atoms with van der Waals surface area (Å²) < 4.78 is 10.9. The monoisotopic (exact) mass is 302 g/mol. The molecule has 0 aliphatic carbocycles. The Morgan fingerprint density at radius 3 is 2.05 bits per heavy atom. The van der Waals surface area contributed by atoms with Crippen molar-refractivity contribution in [3.05, 3.63) is 12.2 Å². The third kappa shape index (κ3) is 6.57. The van der Waals surface area contributed by atoms with Gasteiger partial charge in [-0.15, -0.1) is 0 Å². The van der Waals surface area contributed by atoms with Crippen LogP contribution in [-0.4, -0.2) is 32.3 Å². The van der Waals surface area contributed by atoms with Crippen molar-refractivity contribution in [1.29, 1.82) is 0 Å². The minimum Gasteiger partial charge on any atom is -0.450 e. The number of hydrogen-bond acceptors (Lipinski definition) is 3. The molecule has 1 atom stereocenters. The van der Waals surface area contributed by atoms with Gasteiger partial charge in [-0.1, -0.05) is 47.6 Å². The lowest BCUT2D eigenvalue weighted by molar-refractivity contribution is 0.0989. The van der Waals surface area contributed by atoms with Crippen molar-refractivity contribution in [3.8, 4) is 0 Å². The molecule has 1 unspecified atom stereocenters. The smallest absolute Gasteiger partial charge is 0.450 e. The van der Waals surface area contributed by atoms with E-state index < -0.39 is 14.5 Å². The van der Waals surface area contributed by atoms with Crippen LogP contribution in [0.4, 0.5) is 4.79 Å². The molecule has 0 spiro atoms. The third-order valence-electron chi connectivity index (χ3n) is 3.70. The van der Waals surface area contributed by atoms with Gasteiger partial charge < -0.3 is 14.3 Å². The Kier molecular flexibility index (Phi) is 6.49. The van der Waals surface area contributed by atoms with Gasteiger partial charge in [0.25, 0.3) is 0 Å². The first-order valence-corrected chi connectivity index (χ1v) is 9.88. The van der Waals surface area contributed by atoms with Crippen LogP contribution in [0.3, 0.4) is 0 Å². The van der Waals surface area contributed by atoms with E-state index in [2.05, 4.69) is 59.4 Å². The summed E-state index contributed by atoms with van der Waals surface area (Å²) in [4.78, 5) is 10.3. The molecule has 0 bridgehead atoms. The van der Waals surface area contributed by atoms with Crippen LogP contribution < -0.4 is 0 Å². The Balaban J connectivity index is 4.89. The summed E-state index contributed by atoms with van der Waals surface area (Å²) in [6.45, 7) is 17.5. The molecule has 0 saturated heterocycles. The van der Waals surface area contributed by atoms with Gasteiger partial charge in [0.05, 0.1) is 6.10 Å². The SMILES string of the molecule is CC(C)(C)C(C=CCOC(=O)O)O[Si](C)(C)C(C)(C)C. The largest absolute Gasteiger partial charge is 0.506 e. The summed E-state index contributed by atoms with van der Waals surface area (Å²) in [5, 5.41) is 8.59. The number of carbonyl (C=O) groups is 1. The molecule has 0 fully saturated rings. The van der Waals surface area contributed by atoms with Crippen LogP contribution in [0.1, 0.15) is 41.5 Å². The molecule has 118 valence electrons. The number of carboxylic acid groups (broad SMARTS) is 1. The molecule has 0 aromatic heterocycles. The summed E-state index contributed by atoms with van der Waals surface area (Å²) in [7, 11) is -1.87. The van der Waals surface area contributed by atoms with Crippen LogP contribution in [0.2, 0.25) is 18.1 Å². The average molecular weight is 302 g/mol. The highest BCUT2D eigenvalue weighted by Gasteiger charge is 2.40. The first kappa shape index (κ1) is 19.2. The zero-order valence-electron chi connectivity index (χ0n) is 14.1. The summed E-state index contributed by atoms with van der Waals surface area (Å²) in [6.07, 6.45) is 2.33. The molecule has 0 aliphatic heterocycles. The van der Waals surface area contributed by atoms with E-state index in [1.165, 1.54) is 0 Å². The predicted octanol–water partition coefficient (Wildman–Crippen LogP) is 4.67. The molecule has 0 saturated carbocycles. The summed E-state index contributed by atoms with van der Waals surface area (Å²) in [5.74, 6) is 0. The Bertz CT molecular complexity index is 348. The van der Waals surface area contributed by atoms with E-state index in [1.54, 1.807) is 6.08 Å². The first-order chi connectivity index (χ1) is 8.77. The van der Waals surface area contributed by atoms with Crippen LogP contribution >= 0.6 is 0 Å². The van der Waals surface area contributed by atoms with Gasteiger partial charge in [0.2, 0.25) is 0 Å². The molecule has 0 aromatic rings. The molecular formula is C15H30O4Si. The molecule has 4 nitrogen and oxygen atoms in total. The van der Waals surface area contributed by atoms with Crippen LogP contribution in [-0.2, 0) is 9.16 Å². The maximum Gasteiger partial charge on any atom is 0.506 e.